The highest BCUT2D eigenvalue weighted by Gasteiger charge is 2.40. The molecule has 0 bridgehead atoms. The molecule has 0 unspecified atom stereocenters. The first-order chi connectivity index (χ1) is 21.5. The minimum Gasteiger partial charge on any atom is -0.381 e. The normalized spacial score (nSPS) is 18.7. The summed E-state index contributed by atoms with van der Waals surface area (Å²) in [5, 5.41) is 0. The van der Waals surface area contributed by atoms with Gasteiger partial charge in [-0.25, -0.2) is 4.98 Å². The van der Waals surface area contributed by atoms with E-state index >= 15 is 0 Å². The molecule has 3 fully saturated rings. The molecule has 1 aromatic heterocycles. The summed E-state index contributed by atoms with van der Waals surface area (Å²) in [6.07, 6.45) is 8.26. The van der Waals surface area contributed by atoms with Crippen molar-refractivity contribution >= 4 is 11.7 Å². The average molecular weight is 609 g/mol. The number of benzene rings is 1. The van der Waals surface area contributed by atoms with Gasteiger partial charge < -0.3 is 28.7 Å². The summed E-state index contributed by atoms with van der Waals surface area (Å²) in [4.78, 5) is 24.4. The van der Waals surface area contributed by atoms with Crippen LogP contribution < -0.4 is 4.90 Å². The lowest BCUT2D eigenvalue weighted by Gasteiger charge is -2.47. The van der Waals surface area contributed by atoms with E-state index in [1.54, 1.807) is 14.2 Å². The molecule has 3 aliphatic rings. The Morgan fingerprint density at radius 2 is 1.86 bits per heavy atom. The Morgan fingerprint density at radius 3 is 2.61 bits per heavy atom. The van der Waals surface area contributed by atoms with Gasteiger partial charge in [0.1, 0.15) is 5.82 Å². The molecule has 1 aromatic carbocycles. The van der Waals surface area contributed by atoms with Gasteiger partial charge in [-0.3, -0.25) is 9.69 Å². The third kappa shape index (κ3) is 9.47. The molecule has 9 heteroatoms. The van der Waals surface area contributed by atoms with E-state index in [-0.39, 0.29) is 11.5 Å². The lowest BCUT2D eigenvalue weighted by molar-refractivity contribution is -0.146. The van der Waals surface area contributed by atoms with Gasteiger partial charge in [0, 0.05) is 59.7 Å². The number of pyridine rings is 1. The van der Waals surface area contributed by atoms with Gasteiger partial charge in [-0.15, -0.1) is 0 Å². The molecule has 2 aliphatic heterocycles. The van der Waals surface area contributed by atoms with Crippen molar-refractivity contribution in [2.75, 3.05) is 78.2 Å². The Kier molecular flexibility index (Phi) is 12.0. The minimum absolute atomic E-state index is 0.0799. The molecule has 2 aromatic rings. The van der Waals surface area contributed by atoms with E-state index in [1.165, 1.54) is 29.5 Å². The average Bonchev–Trinajstić information content (AvgIpc) is 3.88. The third-order valence-electron chi connectivity index (χ3n) is 9.37. The van der Waals surface area contributed by atoms with Crippen molar-refractivity contribution in [1.29, 1.82) is 0 Å². The summed E-state index contributed by atoms with van der Waals surface area (Å²) in [7, 11) is 3.22. The lowest BCUT2D eigenvalue weighted by atomic mass is 9.89. The first kappa shape index (κ1) is 32.8. The number of ether oxygens (including phenoxy) is 4. The van der Waals surface area contributed by atoms with Crippen LogP contribution in [0.4, 0.5) is 5.82 Å². The molecule has 242 valence electrons. The molecule has 1 amide bonds. The van der Waals surface area contributed by atoms with Crippen LogP contribution in [0.25, 0.3) is 0 Å². The molecule has 1 saturated carbocycles. The number of piperidine rings is 1. The molecule has 3 heterocycles. The first-order valence-electron chi connectivity index (χ1n) is 16.5. The van der Waals surface area contributed by atoms with Crippen LogP contribution in [0.5, 0.6) is 0 Å². The van der Waals surface area contributed by atoms with E-state index in [1.807, 2.05) is 11.1 Å². The number of likely N-dealkylation sites (tertiary alicyclic amines) is 1. The number of aryl methyl sites for hydroxylation is 1. The largest absolute Gasteiger partial charge is 0.381 e. The van der Waals surface area contributed by atoms with Gasteiger partial charge in [0.2, 0.25) is 5.91 Å². The number of morpholine rings is 1. The van der Waals surface area contributed by atoms with Crippen LogP contribution in [-0.4, -0.2) is 106 Å². The summed E-state index contributed by atoms with van der Waals surface area (Å²) >= 11 is 0. The second kappa shape index (κ2) is 16.1. The number of aromatic nitrogens is 1. The number of anilines is 1. The monoisotopic (exact) mass is 608 g/mol. The van der Waals surface area contributed by atoms with E-state index in [9.17, 15) is 4.79 Å². The van der Waals surface area contributed by atoms with Crippen LogP contribution in [0.3, 0.4) is 0 Å². The highest BCUT2D eigenvalue weighted by molar-refractivity contribution is 5.76. The number of carbonyl (C=O) groups excluding carboxylic acids is 1. The van der Waals surface area contributed by atoms with Gasteiger partial charge in [0.05, 0.1) is 38.4 Å². The molecule has 0 atom stereocenters. The maximum absolute atomic E-state index is 12.9. The number of nitrogens with zero attached hydrogens (tertiary/aromatic N) is 4. The van der Waals surface area contributed by atoms with Crippen molar-refractivity contribution in [3.63, 3.8) is 0 Å². The van der Waals surface area contributed by atoms with Crippen molar-refractivity contribution in [2.24, 2.45) is 5.92 Å². The van der Waals surface area contributed by atoms with Gasteiger partial charge in [0.15, 0.2) is 6.29 Å². The summed E-state index contributed by atoms with van der Waals surface area (Å²) in [5.74, 6) is 1.81. The Morgan fingerprint density at radius 1 is 1.07 bits per heavy atom. The number of methoxy groups -OCH3 is 2. The summed E-state index contributed by atoms with van der Waals surface area (Å²) in [6, 6.07) is 13.2. The van der Waals surface area contributed by atoms with Crippen molar-refractivity contribution in [3.05, 3.63) is 59.3 Å². The van der Waals surface area contributed by atoms with E-state index in [4.69, 9.17) is 18.9 Å². The van der Waals surface area contributed by atoms with E-state index in [0.717, 1.165) is 77.4 Å². The Balaban J connectivity index is 1.02. The van der Waals surface area contributed by atoms with Crippen LogP contribution in [0.2, 0.25) is 0 Å². The molecular formula is C35H52N4O5. The molecule has 2 saturated heterocycles. The summed E-state index contributed by atoms with van der Waals surface area (Å²) in [6.45, 7) is 10.1. The van der Waals surface area contributed by atoms with Gasteiger partial charge in [-0.05, 0) is 73.3 Å². The van der Waals surface area contributed by atoms with E-state index in [2.05, 4.69) is 58.1 Å². The fraction of sp³-hybridized carbons (Fsp3) is 0.657. The molecular weight excluding hydrogens is 556 g/mol. The topological polar surface area (TPSA) is 76.6 Å². The SMILES string of the molecule is CCc1ccnc(N2CCOC3(CCN(Cc4cccc(CCOCCC(=O)N(CC5CC5)CC(OC)OC)c4)CC3)C2)c1. The zero-order chi connectivity index (χ0) is 30.8. The highest BCUT2D eigenvalue weighted by Crippen LogP contribution is 2.33. The maximum atomic E-state index is 12.9. The molecule has 0 radical (unpaired) electrons. The molecule has 1 spiro atoms. The molecule has 0 N–H and O–H groups in total. The number of hydrogen-bond acceptors (Lipinski definition) is 8. The van der Waals surface area contributed by atoms with Crippen molar-refractivity contribution in [2.45, 2.75) is 70.3 Å². The predicted octanol–water partition coefficient (Wildman–Crippen LogP) is 4.32. The Hall–Kier alpha value is -2.56. The lowest BCUT2D eigenvalue weighted by Crippen LogP contribution is -2.57. The molecule has 44 heavy (non-hydrogen) atoms. The molecule has 1 aliphatic carbocycles. The smallest absolute Gasteiger partial charge is 0.225 e. The number of hydrogen-bond donors (Lipinski definition) is 0. The Labute approximate surface area is 263 Å². The van der Waals surface area contributed by atoms with Crippen LogP contribution in [0.15, 0.2) is 42.6 Å². The maximum Gasteiger partial charge on any atom is 0.225 e. The fourth-order valence-electron chi connectivity index (χ4n) is 6.38. The third-order valence-corrected chi connectivity index (χ3v) is 9.37. The second-order valence-corrected chi connectivity index (χ2v) is 12.7. The van der Waals surface area contributed by atoms with Crippen molar-refractivity contribution < 1.29 is 23.7 Å². The van der Waals surface area contributed by atoms with E-state index < -0.39 is 6.29 Å². The Bertz CT molecular complexity index is 1180. The predicted molar refractivity (Wildman–Crippen MR) is 172 cm³/mol. The minimum atomic E-state index is -0.394. The number of carbonyl (C=O) groups is 1. The van der Waals surface area contributed by atoms with Gasteiger partial charge in [0.25, 0.3) is 0 Å². The van der Waals surface area contributed by atoms with Crippen LogP contribution in [0, 0.1) is 5.92 Å². The number of amides is 1. The molecule has 5 rings (SSSR count). The highest BCUT2D eigenvalue weighted by atomic mass is 16.7. The van der Waals surface area contributed by atoms with Gasteiger partial charge in [-0.2, -0.15) is 0 Å². The van der Waals surface area contributed by atoms with Crippen molar-refractivity contribution in [3.8, 4) is 0 Å². The second-order valence-electron chi connectivity index (χ2n) is 12.7. The van der Waals surface area contributed by atoms with Gasteiger partial charge in [-0.1, -0.05) is 31.2 Å². The molecule has 9 nitrogen and oxygen atoms in total. The quantitative estimate of drug-likeness (QED) is 0.206. The zero-order valence-corrected chi connectivity index (χ0v) is 27.0. The van der Waals surface area contributed by atoms with E-state index in [0.29, 0.717) is 32.1 Å². The first-order valence-corrected chi connectivity index (χ1v) is 16.5. The van der Waals surface area contributed by atoms with Crippen molar-refractivity contribution in [1.82, 2.24) is 14.8 Å². The van der Waals surface area contributed by atoms with Crippen LogP contribution in [0.1, 0.15) is 55.7 Å². The fourth-order valence-corrected chi connectivity index (χ4v) is 6.38. The zero-order valence-electron chi connectivity index (χ0n) is 27.0. The standard InChI is InChI=1S/C35H52N4O5/c1-4-28-10-15-36-32(23-28)38-18-21-44-35(27-38)13-16-37(17-14-35)24-31-7-5-6-29(22-31)11-19-43-20-12-33(40)39(25-30-8-9-30)26-34(41-2)42-3/h5-7,10,15,22-23,30,34H,4,8-9,11-14,16-21,24-27H2,1-3H3. The van der Waals surface area contributed by atoms with Crippen LogP contribution >= 0.6 is 0 Å². The van der Waals surface area contributed by atoms with Gasteiger partial charge >= 0.3 is 0 Å². The van der Waals surface area contributed by atoms with Crippen LogP contribution in [-0.2, 0) is 43.1 Å². The number of rotatable bonds is 16. The summed E-state index contributed by atoms with van der Waals surface area (Å²) < 4.78 is 23.0. The summed E-state index contributed by atoms with van der Waals surface area (Å²) in [5.41, 5.74) is 3.86.